The average Bonchev–Trinajstić information content (AvgIpc) is 2.61. The van der Waals surface area contributed by atoms with Crippen molar-refractivity contribution in [3.8, 4) is 5.75 Å². The molecule has 3 aromatic carbocycles. The number of anilines is 1. The summed E-state index contributed by atoms with van der Waals surface area (Å²) in [6.07, 6.45) is 0. The Kier molecular flexibility index (Phi) is 6.72. The van der Waals surface area contributed by atoms with Crippen molar-refractivity contribution in [2.45, 2.75) is 13.2 Å². The lowest BCUT2D eigenvalue weighted by atomic mass is 10.2. The number of hydrogen-bond acceptors (Lipinski definition) is 2. The van der Waals surface area contributed by atoms with Gasteiger partial charge in [-0.05, 0) is 42.0 Å². The Morgan fingerprint density at radius 2 is 1.56 bits per heavy atom. The molecule has 0 saturated heterocycles. The second-order valence-corrected chi connectivity index (χ2v) is 7.40. The highest BCUT2D eigenvalue weighted by Crippen LogP contribution is 2.35. The van der Waals surface area contributed by atoms with Crippen LogP contribution in [0.5, 0.6) is 5.75 Å². The van der Waals surface area contributed by atoms with Crippen LogP contribution in [0.4, 0.5) is 10.1 Å². The van der Waals surface area contributed by atoms with E-state index in [2.05, 4.69) is 5.32 Å². The summed E-state index contributed by atoms with van der Waals surface area (Å²) in [4.78, 5) is 0. The maximum atomic E-state index is 13.7. The first-order valence-electron chi connectivity index (χ1n) is 7.97. The van der Waals surface area contributed by atoms with E-state index in [0.717, 1.165) is 11.3 Å². The molecular formula is C20H14Cl4FNO. The number of halogens is 5. The molecule has 0 aromatic heterocycles. The van der Waals surface area contributed by atoms with Crippen LogP contribution in [0.1, 0.15) is 11.1 Å². The minimum atomic E-state index is -0.342. The van der Waals surface area contributed by atoms with Crippen molar-refractivity contribution < 1.29 is 9.13 Å². The number of benzene rings is 3. The summed E-state index contributed by atoms with van der Waals surface area (Å²) >= 11 is 24.6. The Labute approximate surface area is 176 Å². The van der Waals surface area contributed by atoms with Gasteiger partial charge in [0.25, 0.3) is 0 Å². The molecule has 3 aromatic rings. The smallest absolute Gasteiger partial charge is 0.156 e. The Balaban J connectivity index is 1.70. The van der Waals surface area contributed by atoms with Crippen molar-refractivity contribution in [2.24, 2.45) is 0 Å². The maximum Gasteiger partial charge on any atom is 0.156 e. The molecule has 0 spiro atoms. The molecule has 7 heteroatoms. The molecule has 140 valence electrons. The normalized spacial score (nSPS) is 10.7. The summed E-state index contributed by atoms with van der Waals surface area (Å²) in [5, 5.41) is 4.97. The number of ether oxygens (including phenoxy) is 1. The van der Waals surface area contributed by atoms with Gasteiger partial charge in [-0.2, -0.15) is 0 Å². The molecule has 2 nitrogen and oxygen atoms in total. The zero-order chi connectivity index (χ0) is 19.4. The molecule has 0 aliphatic heterocycles. The summed E-state index contributed by atoms with van der Waals surface area (Å²) in [6.45, 7) is 0.485. The van der Waals surface area contributed by atoms with E-state index in [1.54, 1.807) is 48.5 Å². The predicted octanol–water partition coefficient (Wildman–Crippen LogP) is 7.63. The lowest BCUT2D eigenvalue weighted by Crippen LogP contribution is -2.02. The molecule has 0 atom stereocenters. The first-order chi connectivity index (χ1) is 12.9. The molecular weight excluding hydrogens is 431 g/mol. The molecule has 0 fully saturated rings. The first-order valence-corrected chi connectivity index (χ1v) is 9.48. The third kappa shape index (κ3) is 5.20. The van der Waals surface area contributed by atoms with Crippen molar-refractivity contribution in [3.05, 3.63) is 91.6 Å². The third-order valence-electron chi connectivity index (χ3n) is 3.80. The number of hydrogen-bond donors (Lipinski definition) is 1. The number of rotatable bonds is 6. The van der Waals surface area contributed by atoms with Gasteiger partial charge in [0, 0.05) is 17.1 Å². The zero-order valence-electron chi connectivity index (χ0n) is 13.9. The van der Waals surface area contributed by atoms with Crippen LogP contribution in [0.15, 0.2) is 54.6 Å². The van der Waals surface area contributed by atoms with Gasteiger partial charge < -0.3 is 10.1 Å². The molecule has 0 radical (unpaired) electrons. The van der Waals surface area contributed by atoms with Crippen molar-refractivity contribution in [3.63, 3.8) is 0 Å². The zero-order valence-corrected chi connectivity index (χ0v) is 16.9. The maximum absolute atomic E-state index is 13.7. The van der Waals surface area contributed by atoms with Crippen molar-refractivity contribution in [1.29, 1.82) is 0 Å². The van der Waals surface area contributed by atoms with Gasteiger partial charge in [-0.25, -0.2) is 4.39 Å². The van der Waals surface area contributed by atoms with Crippen LogP contribution in [0.3, 0.4) is 0 Å². The van der Waals surface area contributed by atoms with Crippen LogP contribution in [-0.4, -0.2) is 0 Å². The second-order valence-electron chi connectivity index (χ2n) is 5.75. The van der Waals surface area contributed by atoms with E-state index in [1.807, 2.05) is 0 Å². The molecule has 0 aliphatic rings. The van der Waals surface area contributed by atoms with Gasteiger partial charge in [-0.1, -0.05) is 64.6 Å². The highest BCUT2D eigenvalue weighted by atomic mass is 35.5. The van der Waals surface area contributed by atoms with E-state index in [4.69, 9.17) is 51.1 Å². The predicted molar refractivity (Wildman–Crippen MR) is 111 cm³/mol. The summed E-state index contributed by atoms with van der Waals surface area (Å²) in [5.41, 5.74) is 2.01. The lowest BCUT2D eigenvalue weighted by molar-refractivity contribution is 0.300. The Morgan fingerprint density at radius 3 is 2.22 bits per heavy atom. The van der Waals surface area contributed by atoms with Gasteiger partial charge in [0.1, 0.15) is 12.4 Å². The highest BCUT2D eigenvalue weighted by molar-refractivity contribution is 6.37. The van der Waals surface area contributed by atoms with Crippen LogP contribution >= 0.6 is 46.4 Å². The quantitative estimate of drug-likeness (QED) is 0.421. The lowest BCUT2D eigenvalue weighted by Gasteiger charge is -2.14. The molecule has 0 amide bonds. The summed E-state index contributed by atoms with van der Waals surface area (Å²) in [7, 11) is 0. The largest absolute Gasteiger partial charge is 0.486 e. The van der Waals surface area contributed by atoms with Crippen LogP contribution in [0.25, 0.3) is 0 Å². The van der Waals surface area contributed by atoms with Crippen molar-refractivity contribution in [2.75, 3.05) is 5.32 Å². The average molecular weight is 445 g/mol. The van der Waals surface area contributed by atoms with Crippen molar-refractivity contribution in [1.82, 2.24) is 0 Å². The van der Waals surface area contributed by atoms with Crippen LogP contribution in [-0.2, 0) is 13.2 Å². The fourth-order valence-electron chi connectivity index (χ4n) is 2.45. The fourth-order valence-corrected chi connectivity index (χ4v) is 3.56. The van der Waals surface area contributed by atoms with E-state index >= 15 is 0 Å². The molecule has 0 saturated carbocycles. The molecule has 3 rings (SSSR count). The van der Waals surface area contributed by atoms with Gasteiger partial charge in [-0.15, -0.1) is 0 Å². The van der Waals surface area contributed by atoms with Crippen LogP contribution < -0.4 is 10.1 Å². The van der Waals surface area contributed by atoms with E-state index < -0.39 is 0 Å². The number of nitrogens with one attached hydrogen (secondary N) is 1. The Bertz CT molecular complexity index is 941. The molecule has 0 heterocycles. The third-order valence-corrected chi connectivity index (χ3v) is 4.91. The molecule has 0 unspecified atom stereocenters. The minimum Gasteiger partial charge on any atom is -0.486 e. The fraction of sp³-hybridized carbons (Fsp3) is 0.100. The molecule has 1 N–H and O–H groups in total. The second kappa shape index (κ2) is 9.03. The van der Waals surface area contributed by atoms with E-state index in [1.165, 1.54) is 6.07 Å². The summed E-state index contributed by atoms with van der Waals surface area (Å²) in [6, 6.07) is 15.0. The topological polar surface area (TPSA) is 21.3 Å². The first kappa shape index (κ1) is 20.1. The van der Waals surface area contributed by atoms with E-state index in [0.29, 0.717) is 37.9 Å². The van der Waals surface area contributed by atoms with Gasteiger partial charge >= 0.3 is 0 Å². The molecule has 27 heavy (non-hydrogen) atoms. The van der Waals surface area contributed by atoms with E-state index in [9.17, 15) is 4.39 Å². The SMILES string of the molecule is Fc1ccccc1COc1c(Cl)cc(CNc2ccc(Cl)cc2Cl)cc1Cl. The Hall–Kier alpha value is -1.65. The molecule has 0 bridgehead atoms. The van der Waals surface area contributed by atoms with Gasteiger partial charge in [0.15, 0.2) is 5.75 Å². The van der Waals surface area contributed by atoms with Crippen LogP contribution in [0.2, 0.25) is 20.1 Å². The summed E-state index contributed by atoms with van der Waals surface area (Å²) in [5.74, 6) is -0.0275. The van der Waals surface area contributed by atoms with Crippen molar-refractivity contribution >= 4 is 52.1 Å². The highest BCUT2D eigenvalue weighted by Gasteiger charge is 2.12. The summed E-state index contributed by atoms with van der Waals surface area (Å²) < 4.78 is 19.3. The van der Waals surface area contributed by atoms with Gasteiger partial charge in [-0.3, -0.25) is 0 Å². The van der Waals surface area contributed by atoms with Crippen LogP contribution in [0, 0.1) is 5.82 Å². The van der Waals surface area contributed by atoms with Gasteiger partial charge in [0.2, 0.25) is 0 Å². The minimum absolute atomic E-state index is 0.0318. The van der Waals surface area contributed by atoms with E-state index in [-0.39, 0.29) is 12.4 Å². The standard InChI is InChI=1S/C20H14Cl4FNO/c21-14-5-6-19(15(22)9-14)26-10-12-7-16(23)20(17(24)8-12)27-11-13-3-1-2-4-18(13)25/h1-9,26H,10-11H2. The Morgan fingerprint density at radius 1 is 0.852 bits per heavy atom. The molecule has 0 aliphatic carbocycles. The monoisotopic (exact) mass is 443 g/mol. The van der Waals surface area contributed by atoms with Gasteiger partial charge in [0.05, 0.1) is 20.8 Å².